The minimum atomic E-state index is 1.01. The van der Waals surface area contributed by atoms with E-state index in [1.54, 1.807) is 0 Å². The van der Waals surface area contributed by atoms with E-state index < -0.39 is 0 Å². The molecule has 148 valence electrons. The summed E-state index contributed by atoms with van der Waals surface area (Å²) in [4.78, 5) is 2.41. The summed E-state index contributed by atoms with van der Waals surface area (Å²) in [6.07, 6.45) is 3.38. The van der Waals surface area contributed by atoms with Crippen molar-refractivity contribution < 1.29 is 4.58 Å². The van der Waals surface area contributed by atoms with E-state index in [1.165, 1.54) is 44.8 Å². The fraction of sp³-hybridized carbons (Fsp3) is 0.480. The van der Waals surface area contributed by atoms with Crippen molar-refractivity contribution in [1.82, 2.24) is 0 Å². The van der Waals surface area contributed by atoms with Crippen molar-refractivity contribution in [3.8, 4) is 0 Å². The van der Waals surface area contributed by atoms with Gasteiger partial charge in [-0.25, -0.2) is 9.48 Å². The lowest BCUT2D eigenvalue weighted by Gasteiger charge is -2.19. The summed E-state index contributed by atoms with van der Waals surface area (Å²) in [5.41, 5.74) is 10.6. The van der Waals surface area contributed by atoms with Gasteiger partial charge in [-0.2, -0.15) is 0 Å². The third kappa shape index (κ3) is 5.69. The van der Waals surface area contributed by atoms with Gasteiger partial charge in [0.15, 0.2) is 0 Å². The maximum Gasteiger partial charge on any atom is 0.244 e. The Balaban J connectivity index is 0.00000176. The van der Waals surface area contributed by atoms with Gasteiger partial charge in [-0.05, 0) is 70.2 Å². The highest BCUT2D eigenvalue weighted by atomic mass is 15.2. The van der Waals surface area contributed by atoms with Gasteiger partial charge in [0, 0.05) is 0 Å². The standard InChI is InChI=1S/C23H33N2.C2H6/c1-9-10-25(23-20(6)13-17(3)14-21(23)7)15-24(8)22-18(4)11-16(2)12-19(22)5;1-2/h11-15H,9-10H2,1-8H3;1-2H3/q+1;. The molecule has 0 bridgehead atoms. The molecule has 2 nitrogen and oxygen atoms in total. The van der Waals surface area contributed by atoms with Crippen LogP contribution in [0, 0.1) is 41.5 Å². The van der Waals surface area contributed by atoms with Crippen molar-refractivity contribution in [3.63, 3.8) is 0 Å². The largest absolute Gasteiger partial charge is 0.244 e. The number of benzene rings is 2. The fourth-order valence-electron chi connectivity index (χ4n) is 4.09. The summed E-state index contributed by atoms with van der Waals surface area (Å²) in [5, 5.41) is 0. The van der Waals surface area contributed by atoms with Crippen LogP contribution in [0.4, 0.5) is 11.4 Å². The number of hydrogen-bond acceptors (Lipinski definition) is 0. The number of hydrogen-bond donors (Lipinski definition) is 0. The summed E-state index contributed by atoms with van der Waals surface area (Å²) in [5.74, 6) is 0. The first-order chi connectivity index (χ1) is 12.7. The van der Waals surface area contributed by atoms with Gasteiger partial charge in [0.05, 0.1) is 13.6 Å². The second-order valence-electron chi connectivity index (χ2n) is 7.41. The maximum atomic E-state index is 2.41. The molecule has 0 atom stereocenters. The molecular weight excluding hydrogens is 328 g/mol. The molecule has 0 aromatic heterocycles. The summed E-state index contributed by atoms with van der Waals surface area (Å²) < 4.78 is 2.28. The number of aryl methyl sites for hydroxylation is 6. The normalized spacial score (nSPS) is 11.1. The van der Waals surface area contributed by atoms with Crippen molar-refractivity contribution in [2.75, 3.05) is 18.5 Å². The predicted octanol–water partition coefficient (Wildman–Crippen LogP) is 6.78. The Hall–Kier alpha value is -2.09. The monoisotopic (exact) mass is 367 g/mol. The number of nitrogens with zero attached hydrogens (tertiary/aromatic N) is 2. The van der Waals surface area contributed by atoms with Crippen LogP contribution in [-0.4, -0.2) is 24.5 Å². The van der Waals surface area contributed by atoms with Crippen LogP contribution in [-0.2, 0) is 0 Å². The smallest absolute Gasteiger partial charge is 0.236 e. The summed E-state index contributed by atoms with van der Waals surface area (Å²) in [6.45, 7) is 20.4. The van der Waals surface area contributed by atoms with Gasteiger partial charge in [0.25, 0.3) is 0 Å². The van der Waals surface area contributed by atoms with Crippen LogP contribution < -0.4 is 4.90 Å². The van der Waals surface area contributed by atoms with E-state index in [4.69, 9.17) is 0 Å². The Labute approximate surface area is 167 Å². The van der Waals surface area contributed by atoms with Crippen molar-refractivity contribution in [3.05, 3.63) is 57.6 Å². The van der Waals surface area contributed by atoms with Gasteiger partial charge in [0.2, 0.25) is 6.34 Å². The quantitative estimate of drug-likeness (QED) is 0.320. The molecule has 0 N–H and O–H groups in total. The molecule has 0 saturated heterocycles. The van der Waals surface area contributed by atoms with Crippen molar-refractivity contribution >= 4 is 17.7 Å². The van der Waals surface area contributed by atoms with Crippen LogP contribution in [0.5, 0.6) is 0 Å². The highest BCUT2D eigenvalue weighted by Gasteiger charge is 2.19. The summed E-state index contributed by atoms with van der Waals surface area (Å²) >= 11 is 0. The van der Waals surface area contributed by atoms with Gasteiger partial charge >= 0.3 is 0 Å². The van der Waals surface area contributed by atoms with Gasteiger partial charge in [0.1, 0.15) is 11.4 Å². The second-order valence-corrected chi connectivity index (χ2v) is 7.41. The molecule has 0 radical (unpaired) electrons. The first-order valence-electron chi connectivity index (χ1n) is 10.2. The molecule has 0 aliphatic rings. The molecule has 27 heavy (non-hydrogen) atoms. The summed E-state index contributed by atoms with van der Waals surface area (Å²) in [7, 11) is 2.16. The van der Waals surface area contributed by atoms with E-state index in [2.05, 4.69) is 95.6 Å². The second kappa shape index (κ2) is 10.3. The minimum absolute atomic E-state index is 1.01. The number of anilines is 1. The lowest BCUT2D eigenvalue weighted by Crippen LogP contribution is -2.28. The highest BCUT2D eigenvalue weighted by Crippen LogP contribution is 2.27. The molecule has 0 fully saturated rings. The summed E-state index contributed by atoms with van der Waals surface area (Å²) in [6, 6.07) is 9.08. The molecule has 0 amide bonds. The zero-order chi connectivity index (χ0) is 20.7. The van der Waals surface area contributed by atoms with Crippen LogP contribution in [0.15, 0.2) is 24.3 Å². The fourth-order valence-corrected chi connectivity index (χ4v) is 4.09. The lowest BCUT2D eigenvalue weighted by molar-refractivity contribution is -0.401. The Morgan fingerprint density at radius 1 is 0.778 bits per heavy atom. The van der Waals surface area contributed by atoms with E-state index in [9.17, 15) is 0 Å². The van der Waals surface area contributed by atoms with E-state index in [0.29, 0.717) is 0 Å². The zero-order valence-corrected chi connectivity index (χ0v) is 19.2. The molecule has 2 heteroatoms. The molecular formula is C25H39N2+. The van der Waals surface area contributed by atoms with E-state index >= 15 is 0 Å². The maximum absolute atomic E-state index is 2.41. The minimum Gasteiger partial charge on any atom is -0.236 e. The predicted molar refractivity (Wildman–Crippen MR) is 122 cm³/mol. The Bertz CT molecular complexity index is 754. The van der Waals surface area contributed by atoms with Gasteiger partial charge in [-0.15, -0.1) is 0 Å². The van der Waals surface area contributed by atoms with Crippen molar-refractivity contribution in [1.29, 1.82) is 0 Å². The highest BCUT2D eigenvalue weighted by molar-refractivity contribution is 5.80. The third-order valence-corrected chi connectivity index (χ3v) is 4.69. The van der Waals surface area contributed by atoms with Gasteiger partial charge in [-0.3, -0.25) is 0 Å². The van der Waals surface area contributed by atoms with Crippen LogP contribution in [0.1, 0.15) is 60.6 Å². The molecule has 2 rings (SSSR count). The first kappa shape index (κ1) is 23.0. The molecule has 0 spiro atoms. The lowest BCUT2D eigenvalue weighted by atomic mass is 10.0. The Morgan fingerprint density at radius 3 is 1.59 bits per heavy atom. The molecule has 2 aromatic rings. The van der Waals surface area contributed by atoms with Gasteiger partial charge < -0.3 is 0 Å². The van der Waals surface area contributed by atoms with E-state index in [-0.39, 0.29) is 0 Å². The zero-order valence-electron chi connectivity index (χ0n) is 19.2. The van der Waals surface area contributed by atoms with Crippen LogP contribution in [0.3, 0.4) is 0 Å². The van der Waals surface area contributed by atoms with Crippen LogP contribution >= 0.6 is 0 Å². The van der Waals surface area contributed by atoms with E-state index in [0.717, 1.165) is 13.0 Å². The third-order valence-electron chi connectivity index (χ3n) is 4.69. The van der Waals surface area contributed by atoms with Crippen LogP contribution in [0.25, 0.3) is 0 Å². The molecule has 0 heterocycles. The van der Waals surface area contributed by atoms with Crippen LogP contribution in [0.2, 0.25) is 0 Å². The van der Waals surface area contributed by atoms with Crippen molar-refractivity contribution in [2.45, 2.75) is 68.7 Å². The molecule has 0 unspecified atom stereocenters. The Kier molecular flexibility index (Phi) is 8.75. The SMILES string of the molecule is CC.CCCN(C=[N+](C)c1c(C)cc(C)cc1C)c1c(C)cc(C)cc1C. The molecule has 2 aromatic carbocycles. The topological polar surface area (TPSA) is 6.25 Å². The number of rotatable bonds is 5. The Morgan fingerprint density at radius 2 is 1.19 bits per heavy atom. The molecule has 0 aliphatic carbocycles. The average molecular weight is 368 g/mol. The molecule has 0 aliphatic heterocycles. The molecule has 0 saturated carbocycles. The van der Waals surface area contributed by atoms with Crippen molar-refractivity contribution in [2.24, 2.45) is 0 Å². The first-order valence-corrected chi connectivity index (χ1v) is 10.2. The van der Waals surface area contributed by atoms with E-state index in [1.807, 2.05) is 13.8 Å². The average Bonchev–Trinajstić information content (AvgIpc) is 2.54. The van der Waals surface area contributed by atoms with Gasteiger partial charge in [-0.1, -0.05) is 56.2 Å².